The largest absolute Gasteiger partial charge is 0.439 e. The summed E-state index contributed by atoms with van der Waals surface area (Å²) in [5.74, 6) is -2.24. The summed E-state index contributed by atoms with van der Waals surface area (Å²) >= 11 is 7.13. The third kappa shape index (κ3) is 2.21. The Morgan fingerprint density at radius 1 is 1.14 bits per heavy atom. The van der Waals surface area contributed by atoms with Crippen LogP contribution in [0.25, 0.3) is 0 Å². The van der Waals surface area contributed by atoms with Crippen molar-refractivity contribution in [2.75, 3.05) is 6.61 Å². The van der Waals surface area contributed by atoms with Gasteiger partial charge in [-0.05, 0) is 75.4 Å². The van der Waals surface area contributed by atoms with Gasteiger partial charge in [0.15, 0.2) is 5.78 Å². The maximum absolute atomic E-state index is 14.1. The highest BCUT2D eigenvalue weighted by atomic mass is 35.5. The molecule has 1 spiro atoms. The summed E-state index contributed by atoms with van der Waals surface area (Å²) in [7, 11) is 0. The summed E-state index contributed by atoms with van der Waals surface area (Å²) in [5.41, 5.74) is -4.49. The molecule has 3 saturated carbocycles. The first-order valence-corrected chi connectivity index (χ1v) is 13.2. The average molecular weight is 517 g/mol. The Bertz CT molecular complexity index is 1230. The molecule has 194 valence electrons. The van der Waals surface area contributed by atoms with E-state index >= 15 is 0 Å². The van der Waals surface area contributed by atoms with Crippen molar-refractivity contribution in [3.63, 3.8) is 0 Å². The molecule has 0 radical (unpaired) electrons. The number of allylic oxidation sites excluding steroid dienone is 2. The number of ether oxygens (including phenoxy) is 1. The summed E-state index contributed by atoms with van der Waals surface area (Å²) in [6.45, 7) is 6.41. The summed E-state index contributed by atoms with van der Waals surface area (Å²) in [4.78, 5) is 39.4. The molecule has 0 aromatic rings. The van der Waals surface area contributed by atoms with Gasteiger partial charge in [-0.25, -0.2) is 4.79 Å². The van der Waals surface area contributed by atoms with Gasteiger partial charge in [0.2, 0.25) is 11.4 Å². The zero-order valence-electron chi connectivity index (χ0n) is 21.1. The lowest BCUT2D eigenvalue weighted by atomic mass is 9.38. The Morgan fingerprint density at radius 2 is 1.83 bits per heavy atom. The van der Waals surface area contributed by atoms with Gasteiger partial charge in [0, 0.05) is 16.6 Å². The van der Waals surface area contributed by atoms with Crippen LogP contribution in [-0.2, 0) is 19.1 Å². The van der Waals surface area contributed by atoms with Crippen LogP contribution in [0.15, 0.2) is 34.4 Å². The van der Waals surface area contributed by atoms with Gasteiger partial charge < -0.3 is 20.1 Å². The van der Waals surface area contributed by atoms with Gasteiger partial charge in [-0.1, -0.05) is 25.5 Å². The van der Waals surface area contributed by atoms with Gasteiger partial charge >= 0.3 is 5.97 Å². The molecule has 8 heteroatoms. The number of aliphatic hydroxyl groups is 3. The van der Waals surface area contributed by atoms with Crippen molar-refractivity contribution in [1.29, 1.82) is 0 Å². The lowest BCUT2D eigenvalue weighted by molar-refractivity contribution is -0.256. The first-order valence-electron chi connectivity index (χ1n) is 12.9. The van der Waals surface area contributed by atoms with E-state index in [4.69, 9.17) is 16.3 Å². The number of halogens is 1. The molecule has 6 aliphatic rings. The van der Waals surface area contributed by atoms with Gasteiger partial charge in [0.1, 0.15) is 5.60 Å². The summed E-state index contributed by atoms with van der Waals surface area (Å²) in [5, 5.41) is 34.7. The van der Waals surface area contributed by atoms with E-state index in [-0.39, 0.29) is 35.2 Å². The highest BCUT2D eigenvalue weighted by molar-refractivity contribution is 6.28. The number of aliphatic hydroxyl groups excluding tert-OH is 2. The number of fused-ring (bicyclic) bond motifs is 5. The van der Waals surface area contributed by atoms with E-state index in [1.807, 2.05) is 6.92 Å². The fourth-order valence-electron chi connectivity index (χ4n) is 9.54. The molecule has 0 amide bonds. The molecule has 0 aromatic carbocycles. The molecule has 0 bridgehead atoms. The zero-order valence-corrected chi connectivity index (χ0v) is 21.8. The van der Waals surface area contributed by atoms with E-state index in [1.54, 1.807) is 26.8 Å². The number of alkyl halides is 1. The maximum atomic E-state index is 14.1. The SMILES string of the molecule is CC1=C(C)C2(OC1=O)C(=O)C(CO)=C1CCC3C4CC(O)C5(Cl)CC=CC(=O)C5(C)C4CC2(O)C13C. The molecular formula is C28H33ClO7. The molecule has 7 nitrogen and oxygen atoms in total. The molecule has 9 unspecified atom stereocenters. The van der Waals surface area contributed by atoms with Gasteiger partial charge in [-0.15, -0.1) is 11.6 Å². The van der Waals surface area contributed by atoms with Crippen molar-refractivity contribution >= 4 is 29.1 Å². The summed E-state index contributed by atoms with van der Waals surface area (Å²) in [6, 6.07) is 0. The highest BCUT2D eigenvalue weighted by Crippen LogP contribution is 2.75. The number of hydrogen-bond acceptors (Lipinski definition) is 7. The van der Waals surface area contributed by atoms with Gasteiger partial charge in [-0.3, -0.25) is 9.59 Å². The first kappa shape index (κ1) is 24.5. The standard InChI is InChI=1S/C28H33ClO7/c1-13-14(2)28(36-23(13)34)22(33)16(12-30)18-8-7-17-15-10-21(32)26(29)9-5-6-20(31)25(26,4)19(15)11-27(28,35)24(17,18)3/h5-6,15,17,19,21,30,32,35H,7-12H2,1-4H3. The number of carbonyl (C=O) groups excluding carboxylic acids is 3. The Labute approximate surface area is 215 Å². The quantitative estimate of drug-likeness (QED) is 0.362. The molecular weight excluding hydrogens is 484 g/mol. The topological polar surface area (TPSA) is 121 Å². The first-order chi connectivity index (χ1) is 16.8. The van der Waals surface area contributed by atoms with Crippen molar-refractivity contribution in [3.05, 3.63) is 34.4 Å². The molecule has 9 atom stereocenters. The molecule has 0 saturated heterocycles. The normalized spacial score (nSPS) is 51.5. The Morgan fingerprint density at radius 3 is 2.44 bits per heavy atom. The van der Waals surface area contributed by atoms with Crippen molar-refractivity contribution in [1.82, 2.24) is 0 Å². The second kappa shape index (κ2) is 6.99. The van der Waals surface area contributed by atoms with E-state index in [9.17, 15) is 29.7 Å². The van der Waals surface area contributed by atoms with Crippen LogP contribution in [0.4, 0.5) is 0 Å². The Balaban J connectivity index is 1.65. The molecule has 3 N–H and O–H groups in total. The van der Waals surface area contributed by atoms with Crippen LogP contribution in [0.2, 0.25) is 0 Å². The van der Waals surface area contributed by atoms with E-state index in [0.29, 0.717) is 36.8 Å². The van der Waals surface area contributed by atoms with Gasteiger partial charge in [-0.2, -0.15) is 0 Å². The molecule has 0 aromatic heterocycles. The maximum Gasteiger partial charge on any atom is 0.335 e. The van der Waals surface area contributed by atoms with E-state index in [0.717, 1.165) is 0 Å². The van der Waals surface area contributed by atoms with Crippen molar-refractivity contribution < 1.29 is 34.4 Å². The molecule has 3 fully saturated rings. The summed E-state index contributed by atoms with van der Waals surface area (Å²) in [6.07, 6.45) is 4.12. The predicted octanol–water partition coefficient (Wildman–Crippen LogP) is 2.55. The molecule has 36 heavy (non-hydrogen) atoms. The Kier molecular flexibility index (Phi) is 4.76. The van der Waals surface area contributed by atoms with Crippen LogP contribution in [0.1, 0.15) is 59.8 Å². The van der Waals surface area contributed by atoms with E-state index < -0.39 is 57.3 Å². The lowest BCUT2D eigenvalue weighted by Gasteiger charge is -2.68. The minimum absolute atomic E-state index is 0.00772. The Hall–Kier alpha value is -1.80. The number of carbonyl (C=O) groups is 3. The number of esters is 1. The van der Waals surface area contributed by atoms with Crippen molar-refractivity contribution in [2.45, 2.75) is 82.0 Å². The highest BCUT2D eigenvalue weighted by Gasteiger charge is 2.81. The number of rotatable bonds is 1. The molecule has 6 rings (SSSR count). The van der Waals surface area contributed by atoms with Crippen LogP contribution in [0.5, 0.6) is 0 Å². The van der Waals surface area contributed by atoms with Crippen molar-refractivity contribution in [2.24, 2.45) is 28.6 Å². The fraction of sp³-hybridized carbons (Fsp3) is 0.679. The van der Waals surface area contributed by atoms with E-state index in [2.05, 4.69) is 0 Å². The van der Waals surface area contributed by atoms with E-state index in [1.165, 1.54) is 6.08 Å². The fourth-order valence-corrected chi connectivity index (χ4v) is 9.95. The molecule has 1 heterocycles. The number of hydrogen-bond donors (Lipinski definition) is 3. The van der Waals surface area contributed by atoms with Crippen LogP contribution in [0.3, 0.4) is 0 Å². The smallest absolute Gasteiger partial charge is 0.335 e. The second-order valence-corrected chi connectivity index (χ2v) is 12.9. The third-order valence-corrected chi connectivity index (χ3v) is 12.4. The van der Waals surface area contributed by atoms with Crippen LogP contribution >= 0.6 is 11.6 Å². The molecule has 1 aliphatic heterocycles. The lowest BCUT2D eigenvalue weighted by Crippen LogP contribution is -2.78. The van der Waals surface area contributed by atoms with Crippen LogP contribution in [0, 0.1) is 28.6 Å². The van der Waals surface area contributed by atoms with Crippen LogP contribution in [-0.4, -0.2) is 61.6 Å². The van der Waals surface area contributed by atoms with Gasteiger partial charge in [0.25, 0.3) is 0 Å². The average Bonchev–Trinajstić information content (AvgIpc) is 3.29. The monoisotopic (exact) mass is 516 g/mol. The summed E-state index contributed by atoms with van der Waals surface area (Å²) < 4.78 is 5.90. The second-order valence-electron chi connectivity index (χ2n) is 12.2. The number of ketones is 2. The minimum Gasteiger partial charge on any atom is -0.439 e. The predicted molar refractivity (Wildman–Crippen MR) is 130 cm³/mol. The molecule has 5 aliphatic carbocycles. The van der Waals surface area contributed by atoms with Gasteiger partial charge in [0.05, 0.1) is 23.0 Å². The van der Waals surface area contributed by atoms with Crippen LogP contribution < -0.4 is 0 Å². The zero-order chi connectivity index (χ0) is 26.2. The third-order valence-electron chi connectivity index (χ3n) is 11.6. The van der Waals surface area contributed by atoms with Crippen molar-refractivity contribution in [3.8, 4) is 0 Å². The number of Topliss-reactive ketones (excluding diaryl/α,β-unsaturated/α-hetero) is 1. The minimum atomic E-state index is -1.98.